The highest BCUT2D eigenvalue weighted by Gasteiger charge is 2.26. The highest BCUT2D eigenvalue weighted by Crippen LogP contribution is 2.25. The highest BCUT2D eigenvalue weighted by molar-refractivity contribution is 4.73. The zero-order valence-corrected chi connectivity index (χ0v) is 9.98. The molecule has 0 aromatic heterocycles. The Hall–Kier alpha value is -0.720. The molecule has 94 valence electrons. The first-order valence-electron chi connectivity index (χ1n) is 5.79. The molecule has 0 aliphatic rings. The van der Waals surface area contributed by atoms with Crippen LogP contribution in [0.4, 0.5) is 13.2 Å². The van der Waals surface area contributed by atoms with Gasteiger partial charge in [0, 0.05) is 12.8 Å². The molecule has 2 atom stereocenters. The molecule has 0 aromatic carbocycles. The second kappa shape index (κ2) is 7.54. The average Bonchev–Trinajstić information content (AvgIpc) is 2.13. The molecule has 0 saturated heterocycles. The van der Waals surface area contributed by atoms with Crippen LogP contribution in [0, 0.1) is 23.2 Å². The van der Waals surface area contributed by atoms with Crippen molar-refractivity contribution in [1.82, 2.24) is 0 Å². The quantitative estimate of drug-likeness (QED) is 0.628. The Bertz CT molecular complexity index is 217. The van der Waals surface area contributed by atoms with Gasteiger partial charge in [-0.05, 0) is 24.7 Å². The first-order valence-corrected chi connectivity index (χ1v) is 5.79. The van der Waals surface area contributed by atoms with E-state index >= 15 is 0 Å². The number of alkyl halides is 3. The normalized spacial score (nSPS) is 15.5. The van der Waals surface area contributed by atoms with Gasteiger partial charge in [0.15, 0.2) is 0 Å². The number of hydrogen-bond acceptors (Lipinski definition) is 1. The summed E-state index contributed by atoms with van der Waals surface area (Å²) >= 11 is 0. The Balaban J connectivity index is 3.52. The fourth-order valence-electron chi connectivity index (χ4n) is 1.62. The van der Waals surface area contributed by atoms with E-state index in [4.69, 9.17) is 5.26 Å². The molecule has 4 heteroatoms. The second-order valence-corrected chi connectivity index (χ2v) is 4.66. The first-order chi connectivity index (χ1) is 7.35. The maximum atomic E-state index is 11.9. The van der Waals surface area contributed by atoms with Gasteiger partial charge >= 0.3 is 6.18 Å². The molecule has 1 nitrogen and oxygen atoms in total. The van der Waals surface area contributed by atoms with Crippen LogP contribution in [0.25, 0.3) is 0 Å². The Morgan fingerprint density at radius 2 is 1.62 bits per heavy atom. The molecule has 2 unspecified atom stereocenters. The summed E-state index contributed by atoms with van der Waals surface area (Å²) in [4.78, 5) is 0. The van der Waals surface area contributed by atoms with Crippen molar-refractivity contribution in [2.75, 3.05) is 0 Å². The molecule has 0 aromatic rings. The van der Waals surface area contributed by atoms with E-state index in [-0.39, 0.29) is 6.42 Å². The summed E-state index contributed by atoms with van der Waals surface area (Å²) in [6.07, 6.45) is -1.47. The van der Waals surface area contributed by atoms with Crippen molar-refractivity contribution >= 4 is 0 Å². The van der Waals surface area contributed by atoms with Gasteiger partial charge in [0.1, 0.15) is 0 Å². The van der Waals surface area contributed by atoms with Gasteiger partial charge in [-0.25, -0.2) is 0 Å². The van der Waals surface area contributed by atoms with Crippen molar-refractivity contribution in [3.8, 4) is 6.07 Å². The molecule has 0 bridgehead atoms. The Kier molecular flexibility index (Phi) is 7.20. The summed E-state index contributed by atoms with van der Waals surface area (Å²) in [7, 11) is 0. The van der Waals surface area contributed by atoms with Crippen molar-refractivity contribution in [3.05, 3.63) is 0 Å². The standard InChI is InChI=1S/C12H20F3N/c1-10(4-3-8-12(13,14)15)5-6-11(2)7-9-16/h10-11H,3-8H2,1-2H3. The number of halogens is 3. The van der Waals surface area contributed by atoms with Crippen molar-refractivity contribution in [1.29, 1.82) is 5.26 Å². The molecule has 0 N–H and O–H groups in total. The second-order valence-electron chi connectivity index (χ2n) is 4.66. The number of rotatable bonds is 7. The van der Waals surface area contributed by atoms with E-state index in [9.17, 15) is 13.2 Å². The van der Waals surface area contributed by atoms with Crippen molar-refractivity contribution in [3.63, 3.8) is 0 Å². The molecule has 16 heavy (non-hydrogen) atoms. The third kappa shape index (κ3) is 9.82. The minimum Gasteiger partial charge on any atom is -0.198 e. The topological polar surface area (TPSA) is 23.8 Å². The van der Waals surface area contributed by atoms with E-state index < -0.39 is 12.6 Å². The summed E-state index contributed by atoms with van der Waals surface area (Å²) in [5.74, 6) is 0.679. The number of nitrogens with zero attached hydrogens (tertiary/aromatic N) is 1. The van der Waals surface area contributed by atoms with Crippen molar-refractivity contribution in [2.45, 2.75) is 58.5 Å². The molecular formula is C12H20F3N. The molecule has 0 saturated carbocycles. The molecule has 0 heterocycles. The molecule has 0 aliphatic heterocycles. The fourth-order valence-corrected chi connectivity index (χ4v) is 1.62. The van der Waals surface area contributed by atoms with Gasteiger partial charge < -0.3 is 0 Å². The van der Waals surface area contributed by atoms with Gasteiger partial charge in [0.05, 0.1) is 6.07 Å². The lowest BCUT2D eigenvalue weighted by molar-refractivity contribution is -0.136. The van der Waals surface area contributed by atoms with Crippen LogP contribution in [-0.4, -0.2) is 6.18 Å². The third-order valence-corrected chi connectivity index (χ3v) is 2.75. The summed E-state index contributed by atoms with van der Waals surface area (Å²) in [5, 5.41) is 8.46. The molecule has 0 spiro atoms. The monoisotopic (exact) mass is 235 g/mol. The lowest BCUT2D eigenvalue weighted by Crippen LogP contribution is -2.08. The fraction of sp³-hybridized carbons (Fsp3) is 0.917. The van der Waals surface area contributed by atoms with Gasteiger partial charge in [0.25, 0.3) is 0 Å². The van der Waals surface area contributed by atoms with Crippen LogP contribution in [0.5, 0.6) is 0 Å². The van der Waals surface area contributed by atoms with Crippen LogP contribution < -0.4 is 0 Å². The molecular weight excluding hydrogens is 215 g/mol. The lowest BCUT2D eigenvalue weighted by atomic mass is 9.93. The Morgan fingerprint density at radius 1 is 1.06 bits per heavy atom. The van der Waals surface area contributed by atoms with Crippen LogP contribution in [-0.2, 0) is 0 Å². The molecule has 0 fully saturated rings. The SMILES string of the molecule is CC(CC#N)CCC(C)CCCC(F)(F)F. The van der Waals surface area contributed by atoms with Crippen LogP contribution in [0.2, 0.25) is 0 Å². The zero-order chi connectivity index (χ0) is 12.6. The minimum atomic E-state index is -4.02. The molecule has 0 amide bonds. The summed E-state index contributed by atoms with van der Waals surface area (Å²) in [6, 6.07) is 2.11. The highest BCUT2D eigenvalue weighted by atomic mass is 19.4. The van der Waals surface area contributed by atoms with Crippen LogP contribution in [0.15, 0.2) is 0 Å². The largest absolute Gasteiger partial charge is 0.389 e. The first kappa shape index (κ1) is 15.3. The summed E-state index contributed by atoms with van der Waals surface area (Å²) in [5.41, 5.74) is 0. The van der Waals surface area contributed by atoms with Gasteiger partial charge in [0.2, 0.25) is 0 Å². The van der Waals surface area contributed by atoms with Crippen molar-refractivity contribution in [2.24, 2.45) is 11.8 Å². The smallest absolute Gasteiger partial charge is 0.198 e. The summed E-state index contributed by atoms with van der Waals surface area (Å²) < 4.78 is 35.7. The third-order valence-electron chi connectivity index (χ3n) is 2.75. The predicted octanol–water partition coefficient (Wildman–Crippen LogP) is 4.69. The molecule has 0 aliphatic carbocycles. The maximum absolute atomic E-state index is 11.9. The van der Waals surface area contributed by atoms with E-state index in [1.54, 1.807) is 0 Å². The van der Waals surface area contributed by atoms with E-state index in [1.807, 2.05) is 13.8 Å². The van der Waals surface area contributed by atoms with E-state index in [1.165, 1.54) is 0 Å². The number of nitriles is 1. The van der Waals surface area contributed by atoms with Gasteiger partial charge in [-0.1, -0.05) is 26.7 Å². The average molecular weight is 235 g/mol. The van der Waals surface area contributed by atoms with Crippen LogP contribution in [0.3, 0.4) is 0 Å². The lowest BCUT2D eigenvalue weighted by Gasteiger charge is -2.14. The van der Waals surface area contributed by atoms with E-state index in [0.29, 0.717) is 24.7 Å². The molecule has 0 radical (unpaired) electrons. The summed E-state index contributed by atoms with van der Waals surface area (Å²) in [6.45, 7) is 3.99. The Labute approximate surface area is 95.6 Å². The molecule has 0 rings (SSSR count). The van der Waals surface area contributed by atoms with E-state index in [2.05, 4.69) is 6.07 Å². The predicted molar refractivity (Wildman–Crippen MR) is 57.7 cm³/mol. The maximum Gasteiger partial charge on any atom is 0.389 e. The van der Waals surface area contributed by atoms with Crippen LogP contribution in [0.1, 0.15) is 52.4 Å². The van der Waals surface area contributed by atoms with Crippen LogP contribution >= 0.6 is 0 Å². The van der Waals surface area contributed by atoms with Gasteiger partial charge in [-0.2, -0.15) is 18.4 Å². The van der Waals surface area contributed by atoms with Gasteiger partial charge in [-0.15, -0.1) is 0 Å². The van der Waals surface area contributed by atoms with Gasteiger partial charge in [-0.3, -0.25) is 0 Å². The van der Waals surface area contributed by atoms with E-state index in [0.717, 1.165) is 12.8 Å². The Morgan fingerprint density at radius 3 is 2.12 bits per heavy atom. The number of hydrogen-bond donors (Lipinski definition) is 0. The van der Waals surface area contributed by atoms with Crippen molar-refractivity contribution < 1.29 is 13.2 Å². The minimum absolute atomic E-state index is 0.220. The zero-order valence-electron chi connectivity index (χ0n) is 9.98.